The molecule has 0 radical (unpaired) electrons. The minimum Gasteiger partial charge on any atom is -0.462 e. The van der Waals surface area contributed by atoms with Crippen LogP contribution in [0.2, 0.25) is 0 Å². The van der Waals surface area contributed by atoms with Crippen LogP contribution < -0.4 is 0 Å². The molecular weight excluding hydrogens is 268 g/mol. The molecule has 0 saturated carbocycles. The minimum atomic E-state index is -0.314. The zero-order valence-corrected chi connectivity index (χ0v) is 13.4. The van der Waals surface area contributed by atoms with Gasteiger partial charge < -0.3 is 9.47 Å². The van der Waals surface area contributed by atoms with Crippen LogP contribution in [0.15, 0.2) is 24.3 Å². The van der Waals surface area contributed by atoms with Crippen molar-refractivity contribution in [3.8, 4) is 0 Å². The monoisotopic (exact) mass is 296 g/mol. The fraction of sp³-hybridized carbons (Fsp3) is 0.647. The normalized spacial score (nSPS) is 10.0. The van der Waals surface area contributed by atoms with Crippen LogP contribution in [0.5, 0.6) is 0 Å². The van der Waals surface area contributed by atoms with Gasteiger partial charge in [0.15, 0.2) is 0 Å². The third kappa shape index (κ3) is 10.8. The lowest BCUT2D eigenvalue weighted by Gasteiger charge is -2.06. The van der Waals surface area contributed by atoms with E-state index in [0.717, 1.165) is 38.5 Å². The van der Waals surface area contributed by atoms with E-state index >= 15 is 0 Å². The van der Waals surface area contributed by atoms with E-state index in [1.165, 1.54) is 0 Å². The fourth-order valence-electron chi connectivity index (χ4n) is 1.61. The summed E-state index contributed by atoms with van der Waals surface area (Å²) in [4.78, 5) is 22.4. The molecule has 21 heavy (non-hydrogen) atoms. The summed E-state index contributed by atoms with van der Waals surface area (Å²) in [6.45, 7) is 11.6. The van der Waals surface area contributed by atoms with Crippen LogP contribution in [-0.4, -0.2) is 25.2 Å². The Morgan fingerprint density at radius 2 is 1.24 bits per heavy atom. The first-order valence-corrected chi connectivity index (χ1v) is 7.66. The maximum absolute atomic E-state index is 11.3. The SMILES string of the molecule is C=C(C)C(=O)OCCCCCCCCOC(=O)C(=C)CC. The van der Waals surface area contributed by atoms with Crippen LogP contribution in [0.3, 0.4) is 0 Å². The maximum Gasteiger partial charge on any atom is 0.333 e. The molecule has 0 spiro atoms. The second-order valence-corrected chi connectivity index (χ2v) is 5.13. The summed E-state index contributed by atoms with van der Waals surface area (Å²) in [6.07, 6.45) is 6.67. The highest BCUT2D eigenvalue weighted by Crippen LogP contribution is 2.07. The van der Waals surface area contributed by atoms with E-state index in [4.69, 9.17) is 9.47 Å². The fourth-order valence-corrected chi connectivity index (χ4v) is 1.61. The Balaban J connectivity index is 3.30. The van der Waals surface area contributed by atoms with Gasteiger partial charge in [-0.05, 0) is 26.2 Å². The first kappa shape index (κ1) is 19.4. The van der Waals surface area contributed by atoms with Crippen LogP contribution >= 0.6 is 0 Å². The molecule has 0 bridgehead atoms. The van der Waals surface area contributed by atoms with Gasteiger partial charge in [0.05, 0.1) is 13.2 Å². The molecule has 0 aliphatic heterocycles. The van der Waals surface area contributed by atoms with E-state index in [9.17, 15) is 9.59 Å². The average molecular weight is 296 g/mol. The van der Waals surface area contributed by atoms with E-state index in [1.807, 2.05) is 6.92 Å². The van der Waals surface area contributed by atoms with E-state index in [2.05, 4.69) is 13.2 Å². The van der Waals surface area contributed by atoms with Crippen molar-refractivity contribution in [2.45, 2.75) is 58.8 Å². The highest BCUT2D eigenvalue weighted by atomic mass is 16.5. The predicted molar refractivity (Wildman–Crippen MR) is 83.9 cm³/mol. The molecule has 0 rings (SSSR count). The number of hydrogen-bond acceptors (Lipinski definition) is 4. The molecular formula is C17H28O4. The quantitative estimate of drug-likeness (QED) is 0.311. The van der Waals surface area contributed by atoms with E-state index in [0.29, 0.717) is 30.8 Å². The Bertz CT molecular complexity index is 358. The van der Waals surface area contributed by atoms with Crippen LogP contribution in [0.4, 0.5) is 0 Å². The van der Waals surface area contributed by atoms with Gasteiger partial charge in [-0.25, -0.2) is 9.59 Å². The molecule has 0 aromatic carbocycles. The molecule has 0 aromatic rings. The van der Waals surface area contributed by atoms with Gasteiger partial charge in [-0.15, -0.1) is 0 Å². The third-order valence-corrected chi connectivity index (χ3v) is 3.07. The van der Waals surface area contributed by atoms with Gasteiger partial charge in [0.25, 0.3) is 0 Å². The van der Waals surface area contributed by atoms with Crippen LogP contribution in [0.1, 0.15) is 58.8 Å². The van der Waals surface area contributed by atoms with Crippen molar-refractivity contribution in [1.82, 2.24) is 0 Å². The second-order valence-electron chi connectivity index (χ2n) is 5.13. The summed E-state index contributed by atoms with van der Waals surface area (Å²) in [6, 6.07) is 0. The Hall–Kier alpha value is -1.58. The van der Waals surface area contributed by atoms with Gasteiger partial charge in [0.2, 0.25) is 0 Å². The Kier molecular flexibility index (Phi) is 11.3. The molecule has 0 aliphatic carbocycles. The number of rotatable bonds is 12. The first-order valence-electron chi connectivity index (χ1n) is 7.66. The summed E-state index contributed by atoms with van der Waals surface area (Å²) in [5.74, 6) is -0.595. The van der Waals surface area contributed by atoms with Crippen molar-refractivity contribution in [2.24, 2.45) is 0 Å². The summed E-state index contributed by atoms with van der Waals surface area (Å²) in [7, 11) is 0. The second kappa shape index (κ2) is 12.2. The molecule has 0 aliphatic rings. The maximum atomic E-state index is 11.3. The molecule has 0 unspecified atom stereocenters. The summed E-state index contributed by atoms with van der Waals surface area (Å²) >= 11 is 0. The molecule has 0 amide bonds. The highest BCUT2D eigenvalue weighted by Gasteiger charge is 2.05. The average Bonchev–Trinajstić information content (AvgIpc) is 2.47. The molecule has 4 heteroatoms. The summed E-state index contributed by atoms with van der Waals surface area (Å²) in [5, 5.41) is 0. The lowest BCUT2D eigenvalue weighted by Crippen LogP contribution is -2.07. The number of hydrogen-bond donors (Lipinski definition) is 0. The number of carbonyl (C=O) groups is 2. The third-order valence-electron chi connectivity index (χ3n) is 3.07. The van der Waals surface area contributed by atoms with Gasteiger partial charge in [-0.1, -0.05) is 45.8 Å². The number of esters is 2. The number of ether oxygens (including phenoxy) is 2. The van der Waals surface area contributed by atoms with Crippen molar-refractivity contribution in [2.75, 3.05) is 13.2 Å². The highest BCUT2D eigenvalue weighted by molar-refractivity contribution is 5.87. The summed E-state index contributed by atoms with van der Waals surface area (Å²) in [5.41, 5.74) is 0.967. The topological polar surface area (TPSA) is 52.6 Å². The number of unbranched alkanes of at least 4 members (excludes halogenated alkanes) is 5. The van der Waals surface area contributed by atoms with Crippen molar-refractivity contribution in [3.05, 3.63) is 24.3 Å². The Morgan fingerprint density at radius 1 is 0.810 bits per heavy atom. The summed E-state index contributed by atoms with van der Waals surface area (Å²) < 4.78 is 10.1. The molecule has 0 atom stereocenters. The zero-order valence-electron chi connectivity index (χ0n) is 13.4. The molecule has 4 nitrogen and oxygen atoms in total. The van der Waals surface area contributed by atoms with Crippen molar-refractivity contribution < 1.29 is 19.1 Å². The molecule has 0 saturated heterocycles. The molecule has 0 N–H and O–H groups in total. The Morgan fingerprint density at radius 3 is 1.67 bits per heavy atom. The van der Waals surface area contributed by atoms with E-state index in [-0.39, 0.29) is 11.9 Å². The molecule has 0 heterocycles. The number of carbonyl (C=O) groups excluding carboxylic acids is 2. The van der Waals surface area contributed by atoms with Crippen LogP contribution in [-0.2, 0) is 19.1 Å². The molecule has 120 valence electrons. The van der Waals surface area contributed by atoms with E-state index in [1.54, 1.807) is 6.92 Å². The van der Waals surface area contributed by atoms with Crippen LogP contribution in [0.25, 0.3) is 0 Å². The van der Waals surface area contributed by atoms with Gasteiger partial charge in [-0.2, -0.15) is 0 Å². The first-order chi connectivity index (χ1) is 9.99. The standard InChI is InChI=1S/C17H28O4/c1-5-15(4)17(19)21-13-11-9-7-6-8-10-12-20-16(18)14(2)3/h2,4-13H2,1,3H3. The molecule has 0 fully saturated rings. The van der Waals surface area contributed by atoms with Crippen LogP contribution in [0, 0.1) is 0 Å². The smallest absolute Gasteiger partial charge is 0.333 e. The zero-order chi connectivity index (χ0) is 16.1. The van der Waals surface area contributed by atoms with Gasteiger partial charge in [0, 0.05) is 11.1 Å². The minimum absolute atomic E-state index is 0.281. The van der Waals surface area contributed by atoms with Gasteiger partial charge in [0.1, 0.15) is 0 Å². The Labute approximate surface area is 128 Å². The van der Waals surface area contributed by atoms with Crippen molar-refractivity contribution in [1.29, 1.82) is 0 Å². The largest absolute Gasteiger partial charge is 0.462 e. The lowest BCUT2D eigenvalue weighted by atomic mass is 10.1. The van der Waals surface area contributed by atoms with Crippen molar-refractivity contribution >= 4 is 11.9 Å². The van der Waals surface area contributed by atoms with Gasteiger partial charge >= 0.3 is 11.9 Å². The van der Waals surface area contributed by atoms with Crippen molar-refractivity contribution in [3.63, 3.8) is 0 Å². The van der Waals surface area contributed by atoms with Gasteiger partial charge in [-0.3, -0.25) is 0 Å². The van der Waals surface area contributed by atoms with E-state index < -0.39 is 0 Å². The molecule has 0 aromatic heterocycles. The predicted octanol–water partition coefficient (Wildman–Crippen LogP) is 3.96. The lowest BCUT2D eigenvalue weighted by molar-refractivity contribution is -0.140.